The molecule has 1 heterocycles. The number of nitrogens with zero attached hydrogens (tertiary/aromatic N) is 1. The van der Waals surface area contributed by atoms with E-state index in [4.69, 9.17) is 15.0 Å². The number of hydrogen-bond acceptors (Lipinski definition) is 4. The van der Waals surface area contributed by atoms with E-state index in [9.17, 15) is 0 Å². The average molecular weight is 288 g/mol. The molecule has 0 aliphatic rings. The van der Waals surface area contributed by atoms with Crippen LogP contribution in [0.25, 0.3) is 11.1 Å². The summed E-state index contributed by atoms with van der Waals surface area (Å²) in [7, 11) is 1.66. The lowest BCUT2D eigenvalue weighted by molar-refractivity contribution is 0.416. The van der Waals surface area contributed by atoms with E-state index in [1.807, 2.05) is 24.3 Å². The first-order valence-corrected chi connectivity index (χ1v) is 7.65. The summed E-state index contributed by atoms with van der Waals surface area (Å²) in [5, 5.41) is 4.13. The first kappa shape index (κ1) is 15.4. The summed E-state index contributed by atoms with van der Waals surface area (Å²) in [6.07, 6.45) is 7.02. The number of para-hydroxylation sites is 1. The van der Waals surface area contributed by atoms with Crippen molar-refractivity contribution < 1.29 is 9.26 Å². The maximum absolute atomic E-state index is 5.96. The summed E-state index contributed by atoms with van der Waals surface area (Å²) in [5.41, 5.74) is 8.71. The Morgan fingerprint density at radius 2 is 1.90 bits per heavy atom. The summed E-state index contributed by atoms with van der Waals surface area (Å²) < 4.78 is 10.6. The van der Waals surface area contributed by atoms with Gasteiger partial charge in [-0.05, 0) is 18.9 Å². The van der Waals surface area contributed by atoms with Crippen molar-refractivity contribution in [3.63, 3.8) is 0 Å². The van der Waals surface area contributed by atoms with Gasteiger partial charge in [-0.15, -0.1) is 0 Å². The lowest BCUT2D eigenvalue weighted by Gasteiger charge is -2.08. The van der Waals surface area contributed by atoms with Crippen molar-refractivity contribution in [2.45, 2.75) is 45.4 Å². The molecule has 0 fully saturated rings. The number of anilines is 1. The monoisotopic (exact) mass is 288 g/mol. The van der Waals surface area contributed by atoms with Gasteiger partial charge in [0, 0.05) is 5.56 Å². The highest BCUT2D eigenvalue weighted by molar-refractivity contribution is 5.79. The Morgan fingerprint density at radius 1 is 1.14 bits per heavy atom. The molecule has 114 valence electrons. The van der Waals surface area contributed by atoms with Crippen molar-refractivity contribution in [1.29, 1.82) is 0 Å². The van der Waals surface area contributed by atoms with Crippen LogP contribution in [0.15, 0.2) is 28.8 Å². The van der Waals surface area contributed by atoms with Gasteiger partial charge in [0.25, 0.3) is 0 Å². The van der Waals surface area contributed by atoms with Crippen LogP contribution in [0, 0.1) is 0 Å². The van der Waals surface area contributed by atoms with Crippen LogP contribution in [0.1, 0.15) is 44.7 Å². The molecule has 2 aromatic rings. The van der Waals surface area contributed by atoms with Crippen LogP contribution < -0.4 is 10.5 Å². The maximum Gasteiger partial charge on any atom is 0.230 e. The molecule has 0 spiro atoms. The Kier molecular flexibility index (Phi) is 5.67. The summed E-state index contributed by atoms with van der Waals surface area (Å²) in [6.45, 7) is 2.22. The summed E-state index contributed by atoms with van der Waals surface area (Å²) in [4.78, 5) is 0. The number of aryl methyl sites for hydroxylation is 1. The summed E-state index contributed by atoms with van der Waals surface area (Å²) in [6, 6.07) is 7.82. The van der Waals surface area contributed by atoms with Crippen LogP contribution in [-0.2, 0) is 6.42 Å². The fraction of sp³-hybridized carbons (Fsp3) is 0.471. The zero-order valence-corrected chi connectivity index (χ0v) is 12.9. The molecule has 0 aliphatic carbocycles. The number of benzene rings is 1. The molecule has 4 nitrogen and oxygen atoms in total. The van der Waals surface area contributed by atoms with Crippen LogP contribution in [-0.4, -0.2) is 12.3 Å². The fourth-order valence-electron chi connectivity index (χ4n) is 2.54. The first-order chi connectivity index (χ1) is 10.3. The van der Waals surface area contributed by atoms with Gasteiger partial charge in [0.15, 0.2) is 0 Å². The van der Waals surface area contributed by atoms with Crippen molar-refractivity contribution in [3.8, 4) is 16.9 Å². The molecule has 2 N–H and O–H groups in total. The molecule has 0 amide bonds. The fourth-order valence-corrected chi connectivity index (χ4v) is 2.54. The van der Waals surface area contributed by atoms with E-state index in [-0.39, 0.29) is 0 Å². The van der Waals surface area contributed by atoms with Crippen LogP contribution in [0.5, 0.6) is 5.75 Å². The molecule has 0 atom stereocenters. The van der Waals surface area contributed by atoms with Crippen LogP contribution in [0.3, 0.4) is 0 Å². The number of hydrogen-bond donors (Lipinski definition) is 1. The second-order valence-corrected chi connectivity index (χ2v) is 5.23. The third-order valence-corrected chi connectivity index (χ3v) is 3.68. The van der Waals surface area contributed by atoms with Gasteiger partial charge < -0.3 is 15.0 Å². The molecule has 0 bridgehead atoms. The zero-order chi connectivity index (χ0) is 15.1. The van der Waals surface area contributed by atoms with Gasteiger partial charge in [-0.25, -0.2) is 0 Å². The Bertz CT molecular complexity index is 564. The van der Waals surface area contributed by atoms with E-state index in [0.717, 1.165) is 35.4 Å². The van der Waals surface area contributed by atoms with Crippen molar-refractivity contribution in [3.05, 3.63) is 30.0 Å². The van der Waals surface area contributed by atoms with E-state index in [0.29, 0.717) is 5.88 Å². The quantitative estimate of drug-likeness (QED) is 0.729. The SMILES string of the molecule is CCCCCCCc1noc(N)c1-c1ccccc1OC. The molecular formula is C17H24N2O2. The van der Waals surface area contributed by atoms with Crippen LogP contribution >= 0.6 is 0 Å². The highest BCUT2D eigenvalue weighted by Crippen LogP contribution is 2.36. The number of rotatable bonds is 8. The van der Waals surface area contributed by atoms with Gasteiger partial charge in [0.2, 0.25) is 5.88 Å². The summed E-state index contributed by atoms with van der Waals surface area (Å²) in [5.74, 6) is 1.16. The van der Waals surface area contributed by atoms with E-state index in [1.54, 1.807) is 7.11 Å². The molecule has 0 unspecified atom stereocenters. The Balaban J connectivity index is 2.14. The van der Waals surface area contributed by atoms with Gasteiger partial charge in [-0.3, -0.25) is 0 Å². The third kappa shape index (κ3) is 3.78. The van der Waals surface area contributed by atoms with Crippen molar-refractivity contribution in [1.82, 2.24) is 5.16 Å². The Labute approximate surface area is 126 Å². The molecule has 0 saturated heterocycles. The number of ether oxygens (including phenoxy) is 1. The molecule has 0 aliphatic heterocycles. The minimum atomic E-state index is 0.364. The van der Waals surface area contributed by atoms with E-state index < -0.39 is 0 Å². The minimum absolute atomic E-state index is 0.364. The van der Waals surface area contributed by atoms with Gasteiger partial charge in [0.1, 0.15) is 5.75 Å². The Hall–Kier alpha value is -1.97. The van der Waals surface area contributed by atoms with E-state index >= 15 is 0 Å². The van der Waals surface area contributed by atoms with E-state index in [2.05, 4.69) is 12.1 Å². The Morgan fingerprint density at radius 3 is 2.67 bits per heavy atom. The third-order valence-electron chi connectivity index (χ3n) is 3.68. The first-order valence-electron chi connectivity index (χ1n) is 7.65. The normalized spacial score (nSPS) is 10.8. The smallest absolute Gasteiger partial charge is 0.230 e. The zero-order valence-electron chi connectivity index (χ0n) is 12.9. The molecule has 21 heavy (non-hydrogen) atoms. The number of nitrogen functional groups attached to an aromatic ring is 1. The van der Waals surface area contributed by atoms with Crippen molar-refractivity contribution in [2.75, 3.05) is 12.8 Å². The standard InChI is InChI=1S/C17H24N2O2/c1-3-4-5-6-7-11-14-16(17(18)21-19-14)13-10-8-9-12-15(13)20-2/h8-10,12H,3-7,11,18H2,1-2H3. The number of aromatic nitrogens is 1. The average Bonchev–Trinajstić information content (AvgIpc) is 2.88. The van der Waals surface area contributed by atoms with E-state index in [1.165, 1.54) is 25.7 Å². The second-order valence-electron chi connectivity index (χ2n) is 5.23. The molecule has 1 aromatic heterocycles. The molecule has 4 heteroatoms. The summed E-state index contributed by atoms with van der Waals surface area (Å²) >= 11 is 0. The highest BCUT2D eigenvalue weighted by Gasteiger charge is 2.18. The highest BCUT2D eigenvalue weighted by atomic mass is 16.5. The number of unbranched alkanes of at least 4 members (excludes halogenated alkanes) is 4. The van der Waals surface area contributed by atoms with Gasteiger partial charge in [-0.2, -0.15) is 0 Å². The maximum atomic E-state index is 5.96. The second kappa shape index (κ2) is 7.72. The van der Waals surface area contributed by atoms with Crippen molar-refractivity contribution in [2.24, 2.45) is 0 Å². The number of methoxy groups -OCH3 is 1. The lowest BCUT2D eigenvalue weighted by atomic mass is 10.0. The minimum Gasteiger partial charge on any atom is -0.496 e. The molecule has 0 saturated carbocycles. The van der Waals surface area contributed by atoms with Crippen molar-refractivity contribution >= 4 is 5.88 Å². The van der Waals surface area contributed by atoms with Crippen LogP contribution in [0.4, 0.5) is 5.88 Å². The molecular weight excluding hydrogens is 264 g/mol. The molecule has 2 rings (SSSR count). The number of nitrogens with two attached hydrogens (primary N) is 1. The molecule has 0 radical (unpaired) electrons. The predicted octanol–water partition coefficient (Wildman–Crippen LogP) is 4.45. The largest absolute Gasteiger partial charge is 0.496 e. The predicted molar refractivity (Wildman–Crippen MR) is 85.4 cm³/mol. The van der Waals surface area contributed by atoms with Gasteiger partial charge in [0.05, 0.1) is 18.4 Å². The topological polar surface area (TPSA) is 61.3 Å². The molecule has 1 aromatic carbocycles. The van der Waals surface area contributed by atoms with Crippen LogP contribution in [0.2, 0.25) is 0 Å². The van der Waals surface area contributed by atoms with Gasteiger partial charge in [-0.1, -0.05) is 56.0 Å². The van der Waals surface area contributed by atoms with Gasteiger partial charge >= 0.3 is 0 Å². The lowest BCUT2D eigenvalue weighted by Crippen LogP contribution is -1.94.